The van der Waals surface area contributed by atoms with E-state index in [1.807, 2.05) is 6.07 Å². The highest BCUT2D eigenvalue weighted by molar-refractivity contribution is 5.71. The number of hydrogen-bond acceptors (Lipinski definition) is 7. The Balaban J connectivity index is 1.68. The van der Waals surface area contributed by atoms with Gasteiger partial charge in [-0.15, -0.1) is 0 Å². The number of hydrogen-bond donors (Lipinski definition) is 1. The van der Waals surface area contributed by atoms with Gasteiger partial charge in [-0.3, -0.25) is 15.0 Å². The molecule has 2 heterocycles. The lowest BCUT2D eigenvalue weighted by atomic mass is 10.1. The summed E-state index contributed by atoms with van der Waals surface area (Å²) in [6, 6.07) is 6.03. The van der Waals surface area contributed by atoms with Crippen molar-refractivity contribution >= 4 is 11.7 Å². The molecule has 2 saturated heterocycles. The van der Waals surface area contributed by atoms with Crippen LogP contribution in [0.3, 0.4) is 0 Å². The lowest BCUT2D eigenvalue weighted by Crippen LogP contribution is -2.34. The van der Waals surface area contributed by atoms with E-state index in [4.69, 9.17) is 4.74 Å². The Bertz CT molecular complexity index is 651. The molecule has 2 bridgehead atoms. The molecule has 0 spiro atoms. The van der Waals surface area contributed by atoms with Crippen LogP contribution in [-0.4, -0.2) is 54.7 Å². The molecule has 8 nitrogen and oxygen atoms in total. The highest BCUT2D eigenvalue weighted by atomic mass is 16.6. The first kappa shape index (κ1) is 17.6. The molecule has 0 amide bonds. The molecule has 2 fully saturated rings. The molecule has 0 saturated carbocycles. The third kappa shape index (κ3) is 4.46. The second-order valence-electron chi connectivity index (χ2n) is 6.59. The van der Waals surface area contributed by atoms with Gasteiger partial charge in [-0.2, -0.15) is 0 Å². The van der Waals surface area contributed by atoms with Crippen molar-refractivity contribution in [2.24, 2.45) is 0 Å². The molecule has 2 atom stereocenters. The van der Waals surface area contributed by atoms with Gasteiger partial charge in [0.2, 0.25) is 0 Å². The Morgan fingerprint density at radius 1 is 1.36 bits per heavy atom. The van der Waals surface area contributed by atoms with Crippen molar-refractivity contribution < 1.29 is 19.2 Å². The maximum absolute atomic E-state index is 11.3. The van der Waals surface area contributed by atoms with Crippen LogP contribution < -0.4 is 10.1 Å². The Morgan fingerprint density at radius 3 is 2.92 bits per heavy atom. The third-order valence-corrected chi connectivity index (χ3v) is 4.81. The minimum absolute atomic E-state index is 0.0794. The topological polar surface area (TPSA) is 93.9 Å². The fourth-order valence-electron chi connectivity index (χ4n) is 3.54. The van der Waals surface area contributed by atoms with Crippen LogP contribution in [0.4, 0.5) is 5.69 Å². The van der Waals surface area contributed by atoms with Gasteiger partial charge in [-0.05, 0) is 30.9 Å². The smallest absolute Gasteiger partial charge is 0.343 e. The number of rotatable bonds is 6. The molecule has 0 radical (unpaired) electrons. The Morgan fingerprint density at radius 2 is 2.16 bits per heavy atom. The number of esters is 1. The SMILES string of the molecule is COC(=O)COc1ccc(CN2CCC3CCC(C2)N3)cc1[N+](=O)[O-]. The van der Waals surface area contributed by atoms with E-state index in [0.717, 1.165) is 25.1 Å². The van der Waals surface area contributed by atoms with Gasteiger partial charge in [-0.1, -0.05) is 6.07 Å². The molecule has 8 heteroatoms. The molecular formula is C17H23N3O5. The molecule has 0 aliphatic carbocycles. The van der Waals surface area contributed by atoms with Crippen molar-refractivity contribution in [1.29, 1.82) is 0 Å². The van der Waals surface area contributed by atoms with Crippen molar-refractivity contribution in [2.75, 3.05) is 26.8 Å². The van der Waals surface area contributed by atoms with Gasteiger partial charge >= 0.3 is 11.7 Å². The maximum Gasteiger partial charge on any atom is 0.343 e. The predicted molar refractivity (Wildman–Crippen MR) is 90.4 cm³/mol. The number of benzene rings is 1. The molecule has 25 heavy (non-hydrogen) atoms. The number of fused-ring (bicyclic) bond motifs is 2. The van der Waals surface area contributed by atoms with Crippen LogP contribution in [0.2, 0.25) is 0 Å². The van der Waals surface area contributed by atoms with E-state index in [9.17, 15) is 14.9 Å². The Labute approximate surface area is 146 Å². The minimum atomic E-state index is -0.578. The van der Waals surface area contributed by atoms with Crippen molar-refractivity contribution in [3.05, 3.63) is 33.9 Å². The zero-order valence-corrected chi connectivity index (χ0v) is 14.3. The number of nitrogens with one attached hydrogen (secondary N) is 1. The lowest BCUT2D eigenvalue weighted by Gasteiger charge is -2.24. The minimum Gasteiger partial charge on any atom is -0.475 e. The van der Waals surface area contributed by atoms with Crippen molar-refractivity contribution in [2.45, 2.75) is 37.9 Å². The van der Waals surface area contributed by atoms with Gasteiger partial charge in [0.1, 0.15) is 0 Å². The Kier molecular flexibility index (Phi) is 5.50. The molecule has 3 rings (SSSR count). The van der Waals surface area contributed by atoms with E-state index in [0.29, 0.717) is 18.6 Å². The molecule has 136 valence electrons. The molecular weight excluding hydrogens is 326 g/mol. The lowest BCUT2D eigenvalue weighted by molar-refractivity contribution is -0.385. The number of nitro groups is 1. The second kappa shape index (κ2) is 7.79. The van der Waals surface area contributed by atoms with Crippen LogP contribution in [0.5, 0.6) is 5.75 Å². The van der Waals surface area contributed by atoms with Gasteiger partial charge < -0.3 is 14.8 Å². The summed E-state index contributed by atoms with van der Waals surface area (Å²) < 4.78 is 9.70. The van der Waals surface area contributed by atoms with E-state index in [-0.39, 0.29) is 18.0 Å². The Hall–Kier alpha value is -2.19. The second-order valence-corrected chi connectivity index (χ2v) is 6.59. The summed E-state index contributed by atoms with van der Waals surface area (Å²) in [6.07, 6.45) is 3.55. The van der Waals surface area contributed by atoms with E-state index < -0.39 is 10.9 Å². The first-order chi connectivity index (χ1) is 12.0. The summed E-state index contributed by atoms with van der Waals surface area (Å²) in [5.74, 6) is -0.499. The van der Waals surface area contributed by atoms with Crippen LogP contribution in [0.1, 0.15) is 24.8 Å². The summed E-state index contributed by atoms with van der Waals surface area (Å²) in [4.78, 5) is 24.3. The number of ether oxygens (including phenoxy) is 2. The van der Waals surface area contributed by atoms with E-state index in [2.05, 4.69) is 15.0 Å². The van der Waals surface area contributed by atoms with Crippen molar-refractivity contribution in [3.63, 3.8) is 0 Å². The first-order valence-corrected chi connectivity index (χ1v) is 8.50. The number of methoxy groups -OCH3 is 1. The number of likely N-dealkylation sites (tertiary alicyclic amines) is 1. The van der Waals surface area contributed by atoms with Gasteiger partial charge in [0.05, 0.1) is 12.0 Å². The fourth-order valence-corrected chi connectivity index (χ4v) is 3.54. The largest absolute Gasteiger partial charge is 0.475 e. The normalized spacial score (nSPS) is 23.1. The predicted octanol–water partition coefficient (Wildman–Crippen LogP) is 1.47. The van der Waals surface area contributed by atoms with Gasteiger partial charge in [0.25, 0.3) is 0 Å². The van der Waals surface area contributed by atoms with Crippen LogP contribution in [0.15, 0.2) is 18.2 Å². The summed E-state index contributed by atoms with van der Waals surface area (Å²) in [6.45, 7) is 2.27. The molecule has 1 aromatic carbocycles. The van der Waals surface area contributed by atoms with Crippen LogP contribution >= 0.6 is 0 Å². The van der Waals surface area contributed by atoms with E-state index in [1.54, 1.807) is 6.07 Å². The fraction of sp³-hybridized carbons (Fsp3) is 0.588. The van der Waals surface area contributed by atoms with Crippen LogP contribution in [0.25, 0.3) is 0 Å². The molecule has 2 aliphatic rings. The summed E-state index contributed by atoms with van der Waals surface area (Å²) in [5.41, 5.74) is 0.741. The highest BCUT2D eigenvalue weighted by Crippen LogP contribution is 2.29. The molecule has 0 aromatic heterocycles. The summed E-state index contributed by atoms with van der Waals surface area (Å²) >= 11 is 0. The zero-order valence-electron chi connectivity index (χ0n) is 14.3. The third-order valence-electron chi connectivity index (χ3n) is 4.81. The van der Waals surface area contributed by atoms with Crippen molar-refractivity contribution in [1.82, 2.24) is 10.2 Å². The summed E-state index contributed by atoms with van der Waals surface area (Å²) in [7, 11) is 1.24. The van der Waals surface area contributed by atoms with E-state index >= 15 is 0 Å². The van der Waals surface area contributed by atoms with E-state index in [1.165, 1.54) is 26.0 Å². The number of carbonyl (C=O) groups excluding carboxylic acids is 1. The first-order valence-electron chi connectivity index (χ1n) is 8.50. The number of nitrogens with zero attached hydrogens (tertiary/aromatic N) is 2. The highest BCUT2D eigenvalue weighted by Gasteiger charge is 2.29. The van der Waals surface area contributed by atoms with Crippen molar-refractivity contribution in [3.8, 4) is 5.75 Å². The number of nitro benzene ring substituents is 1. The number of carbonyl (C=O) groups is 1. The van der Waals surface area contributed by atoms with Crippen LogP contribution in [0, 0.1) is 10.1 Å². The standard InChI is InChI=1S/C17H23N3O5/c1-24-17(21)11-25-16-5-2-12(8-15(16)20(22)23)9-19-7-6-13-3-4-14(10-19)18-13/h2,5,8,13-14,18H,3-4,6-7,9-11H2,1H3. The average molecular weight is 349 g/mol. The van der Waals surface area contributed by atoms with Gasteiger partial charge in [0.15, 0.2) is 12.4 Å². The molecule has 1 N–H and O–H groups in total. The van der Waals surface area contributed by atoms with Crippen LogP contribution in [-0.2, 0) is 16.1 Å². The molecule has 2 aliphatic heterocycles. The zero-order chi connectivity index (χ0) is 17.8. The van der Waals surface area contributed by atoms with Gasteiger partial charge in [-0.25, -0.2) is 4.79 Å². The monoisotopic (exact) mass is 349 g/mol. The molecule has 2 unspecified atom stereocenters. The van der Waals surface area contributed by atoms with Gasteiger partial charge in [0, 0.05) is 37.8 Å². The maximum atomic E-state index is 11.3. The molecule has 1 aromatic rings. The average Bonchev–Trinajstić information content (AvgIpc) is 2.94. The summed E-state index contributed by atoms with van der Waals surface area (Å²) in [5, 5.41) is 15.0. The quantitative estimate of drug-likeness (QED) is 0.472.